The fourth-order valence-corrected chi connectivity index (χ4v) is 6.81. The van der Waals surface area contributed by atoms with Gasteiger partial charge in [-0.2, -0.15) is 0 Å². The lowest BCUT2D eigenvalue weighted by atomic mass is 9.85. The summed E-state index contributed by atoms with van der Waals surface area (Å²) in [6.07, 6.45) is 30.9. The molecule has 0 radical (unpaired) electrons. The van der Waals surface area contributed by atoms with Crippen molar-refractivity contribution in [1.29, 1.82) is 0 Å². The molecule has 59 heavy (non-hydrogen) atoms. The maximum Gasteiger partial charge on any atom is 0.472 e. The molecule has 0 spiro atoms. The molecule has 1 saturated carbocycles. The standard InChI is InChI=1S/C45H73O13P/c1-3-5-7-9-11-13-15-17-18-19-20-22-23-25-27-29-31-33-38(46)55-35-37(36-56-59(53,54)58-45-43(51)41(49)40(48)42(50)44(45)52)57-39(47)34-32-30-28-26-24-21-16-14-12-10-8-6-4-2/h6,8,10,12,14,16-18,20-22,24-25,27,37,40-45,48-52H,3-5,7,9,11,13,15,19,23,26,28-36H2,1-2H3,(H,53,54)/b8-6+,12-10+,16-14+,18-17+,22-20+,24-21+,27-25+/t37?,40?,41-,42?,43?,44?,45?/m0/s1. The molecule has 0 aromatic carbocycles. The summed E-state index contributed by atoms with van der Waals surface area (Å²) >= 11 is 0. The number of unbranched alkanes of at least 4 members (excludes halogenated alkanes) is 10. The van der Waals surface area contributed by atoms with Crippen molar-refractivity contribution in [3.63, 3.8) is 0 Å². The van der Waals surface area contributed by atoms with Gasteiger partial charge in [0, 0.05) is 12.8 Å². The molecule has 0 amide bonds. The van der Waals surface area contributed by atoms with Gasteiger partial charge < -0.3 is 39.9 Å². The number of phosphoric ester groups is 1. The molecule has 0 aromatic rings. The third-order valence-corrected chi connectivity index (χ3v) is 10.3. The minimum Gasteiger partial charge on any atom is -0.462 e. The maximum absolute atomic E-state index is 12.8. The Morgan fingerprint density at radius 1 is 0.559 bits per heavy atom. The number of hydrogen-bond donors (Lipinski definition) is 6. The Hall–Kier alpha value is -2.97. The Bertz CT molecular complexity index is 1360. The Kier molecular flexibility index (Phi) is 31.8. The van der Waals surface area contributed by atoms with Crippen molar-refractivity contribution in [1.82, 2.24) is 0 Å². The first-order valence-corrected chi connectivity index (χ1v) is 22.9. The molecule has 1 fully saturated rings. The molecule has 1 rings (SSSR count). The van der Waals surface area contributed by atoms with Crippen molar-refractivity contribution in [2.24, 2.45) is 0 Å². The number of phosphoric acid groups is 1. The predicted octanol–water partition coefficient (Wildman–Crippen LogP) is 7.72. The summed E-state index contributed by atoms with van der Waals surface area (Å²) in [5.74, 6) is -1.22. The smallest absolute Gasteiger partial charge is 0.462 e. The number of allylic oxidation sites excluding steroid dienone is 14. The van der Waals surface area contributed by atoms with E-state index >= 15 is 0 Å². The molecular weight excluding hydrogens is 779 g/mol. The van der Waals surface area contributed by atoms with E-state index in [9.17, 15) is 44.6 Å². The molecule has 14 heteroatoms. The van der Waals surface area contributed by atoms with Gasteiger partial charge >= 0.3 is 19.8 Å². The number of rotatable bonds is 33. The van der Waals surface area contributed by atoms with E-state index in [2.05, 4.69) is 44.2 Å². The van der Waals surface area contributed by atoms with E-state index in [4.69, 9.17) is 18.5 Å². The van der Waals surface area contributed by atoms with Crippen molar-refractivity contribution in [3.8, 4) is 0 Å². The summed E-state index contributed by atoms with van der Waals surface area (Å²) in [7, 11) is -5.14. The van der Waals surface area contributed by atoms with E-state index in [0.29, 0.717) is 19.3 Å². The molecule has 0 heterocycles. The molecule has 0 aliphatic heterocycles. The van der Waals surface area contributed by atoms with Crippen molar-refractivity contribution in [3.05, 3.63) is 85.1 Å². The van der Waals surface area contributed by atoms with Crippen LogP contribution in [0.1, 0.15) is 129 Å². The third-order valence-electron chi connectivity index (χ3n) is 9.32. The van der Waals surface area contributed by atoms with Crippen LogP contribution in [-0.2, 0) is 32.7 Å². The number of hydrogen-bond acceptors (Lipinski definition) is 12. The fourth-order valence-electron chi connectivity index (χ4n) is 5.84. The zero-order valence-electron chi connectivity index (χ0n) is 35.3. The summed E-state index contributed by atoms with van der Waals surface area (Å²) < 4.78 is 33.3. The number of esters is 2. The first kappa shape index (κ1) is 54.0. The topological polar surface area (TPSA) is 210 Å². The second-order valence-electron chi connectivity index (χ2n) is 14.6. The molecule has 6 N–H and O–H groups in total. The van der Waals surface area contributed by atoms with Gasteiger partial charge in [-0.05, 0) is 64.2 Å². The van der Waals surface area contributed by atoms with Crippen LogP contribution in [0.4, 0.5) is 0 Å². The predicted molar refractivity (Wildman–Crippen MR) is 230 cm³/mol. The highest BCUT2D eigenvalue weighted by Crippen LogP contribution is 2.47. The van der Waals surface area contributed by atoms with Gasteiger partial charge in [0.2, 0.25) is 0 Å². The average molecular weight is 853 g/mol. The Morgan fingerprint density at radius 3 is 1.68 bits per heavy atom. The summed E-state index contributed by atoms with van der Waals surface area (Å²) in [5.41, 5.74) is 0. The second-order valence-corrected chi connectivity index (χ2v) is 16.0. The van der Waals surface area contributed by atoms with Gasteiger partial charge in [-0.15, -0.1) is 0 Å². The van der Waals surface area contributed by atoms with Crippen molar-refractivity contribution < 1.29 is 63.1 Å². The van der Waals surface area contributed by atoms with Crippen LogP contribution in [0.3, 0.4) is 0 Å². The lowest BCUT2D eigenvalue weighted by Crippen LogP contribution is -2.64. The Labute approximate surface area is 352 Å². The molecule has 7 unspecified atom stereocenters. The van der Waals surface area contributed by atoms with Gasteiger partial charge in [0.15, 0.2) is 6.10 Å². The SMILES string of the molecule is CC/C=C/C=C/C=C/C=C/CCCCCC(=O)OC(COC(=O)CCC/C=C/C/C=C/C/C=C/CCCCCCCC)COP(=O)(O)OC1C(O)C(O)C(O)[C@H](O)C1O. The largest absolute Gasteiger partial charge is 0.472 e. The van der Waals surface area contributed by atoms with E-state index in [1.54, 1.807) is 0 Å². The first-order chi connectivity index (χ1) is 28.4. The number of carbonyl (C=O) groups excluding carboxylic acids is 2. The van der Waals surface area contributed by atoms with Crippen LogP contribution in [0.2, 0.25) is 0 Å². The van der Waals surface area contributed by atoms with Gasteiger partial charge in [-0.3, -0.25) is 18.6 Å². The monoisotopic (exact) mass is 852 g/mol. The van der Waals surface area contributed by atoms with Gasteiger partial charge in [0.1, 0.15) is 43.2 Å². The van der Waals surface area contributed by atoms with Crippen LogP contribution in [0.5, 0.6) is 0 Å². The minimum atomic E-state index is -5.14. The van der Waals surface area contributed by atoms with Crippen LogP contribution < -0.4 is 0 Å². The Balaban J connectivity index is 2.56. The summed E-state index contributed by atoms with van der Waals surface area (Å²) in [6.45, 7) is 3.04. The molecule has 8 atom stereocenters. The van der Waals surface area contributed by atoms with Gasteiger partial charge in [0.05, 0.1) is 6.61 Å². The van der Waals surface area contributed by atoms with Crippen molar-refractivity contribution in [2.75, 3.05) is 13.2 Å². The van der Waals surface area contributed by atoms with E-state index < -0.39 is 75.7 Å². The summed E-state index contributed by atoms with van der Waals surface area (Å²) in [6, 6.07) is 0. The van der Waals surface area contributed by atoms with Crippen LogP contribution >= 0.6 is 7.82 Å². The number of aliphatic hydroxyl groups excluding tert-OH is 5. The van der Waals surface area contributed by atoms with E-state index in [1.807, 2.05) is 54.7 Å². The highest BCUT2D eigenvalue weighted by Gasteiger charge is 2.51. The zero-order chi connectivity index (χ0) is 43.6. The quantitative estimate of drug-likeness (QED) is 0.0123. The van der Waals surface area contributed by atoms with E-state index in [0.717, 1.165) is 44.9 Å². The average Bonchev–Trinajstić information content (AvgIpc) is 3.21. The summed E-state index contributed by atoms with van der Waals surface area (Å²) in [4.78, 5) is 35.6. The van der Waals surface area contributed by atoms with E-state index in [-0.39, 0.29) is 12.8 Å². The fraction of sp³-hybridized carbons (Fsp3) is 0.644. The summed E-state index contributed by atoms with van der Waals surface area (Å²) in [5, 5.41) is 50.0. The number of aliphatic hydroxyl groups is 5. The maximum atomic E-state index is 12.8. The Morgan fingerprint density at radius 2 is 1.05 bits per heavy atom. The third kappa shape index (κ3) is 27.5. The normalized spacial score (nSPS) is 23.2. The van der Waals surface area contributed by atoms with Crippen LogP contribution in [0, 0.1) is 0 Å². The molecule has 336 valence electrons. The van der Waals surface area contributed by atoms with Gasteiger partial charge in [-0.25, -0.2) is 4.57 Å². The number of ether oxygens (including phenoxy) is 2. The molecule has 0 saturated heterocycles. The molecule has 0 bridgehead atoms. The molecule has 0 aromatic heterocycles. The lowest BCUT2D eigenvalue weighted by Gasteiger charge is -2.41. The minimum absolute atomic E-state index is 0.0352. The van der Waals surface area contributed by atoms with Crippen LogP contribution in [0.25, 0.3) is 0 Å². The van der Waals surface area contributed by atoms with Crippen LogP contribution in [-0.4, -0.2) is 98.3 Å². The highest BCUT2D eigenvalue weighted by molar-refractivity contribution is 7.47. The van der Waals surface area contributed by atoms with Gasteiger partial charge in [-0.1, -0.05) is 137 Å². The van der Waals surface area contributed by atoms with Crippen molar-refractivity contribution in [2.45, 2.75) is 172 Å². The number of carbonyl (C=O) groups is 2. The van der Waals surface area contributed by atoms with Crippen molar-refractivity contribution >= 4 is 19.8 Å². The molecule has 1 aliphatic rings. The lowest BCUT2D eigenvalue weighted by molar-refractivity contribution is -0.220. The second kappa shape index (κ2) is 34.7. The molecule has 1 aliphatic carbocycles. The van der Waals surface area contributed by atoms with Gasteiger partial charge in [0.25, 0.3) is 0 Å². The zero-order valence-corrected chi connectivity index (χ0v) is 36.1. The van der Waals surface area contributed by atoms with E-state index in [1.165, 1.54) is 38.5 Å². The highest BCUT2D eigenvalue weighted by atomic mass is 31.2. The van der Waals surface area contributed by atoms with Crippen LogP contribution in [0.15, 0.2) is 85.1 Å². The first-order valence-electron chi connectivity index (χ1n) is 21.4. The molecule has 13 nitrogen and oxygen atoms in total. The molecular formula is C45H73O13P.